The Morgan fingerprint density at radius 1 is 1.30 bits per heavy atom. The molecule has 1 aliphatic heterocycles. The molecule has 0 spiro atoms. The van der Waals surface area contributed by atoms with Gasteiger partial charge in [-0.3, -0.25) is 19.7 Å². The van der Waals surface area contributed by atoms with Crippen molar-refractivity contribution in [2.75, 3.05) is 18.9 Å². The van der Waals surface area contributed by atoms with Crippen LogP contribution in [0.2, 0.25) is 0 Å². The van der Waals surface area contributed by atoms with Crippen molar-refractivity contribution in [1.82, 2.24) is 9.73 Å². The molecule has 14 nitrogen and oxygen atoms in total. The average Bonchev–Trinajstić information content (AvgIpc) is 3.61. The molecule has 194 valence electrons. The molecule has 0 saturated carbocycles. The van der Waals surface area contributed by atoms with Gasteiger partial charge in [0.05, 0.1) is 16.1 Å². The van der Waals surface area contributed by atoms with Crippen LogP contribution in [0.25, 0.3) is 0 Å². The van der Waals surface area contributed by atoms with Crippen LogP contribution in [-0.2, 0) is 24.3 Å². The van der Waals surface area contributed by atoms with Crippen molar-refractivity contribution >= 4 is 39.0 Å². The first-order valence-corrected chi connectivity index (χ1v) is 12.2. The van der Waals surface area contributed by atoms with Crippen LogP contribution in [0.15, 0.2) is 67.6 Å². The normalized spacial score (nSPS) is 15.4. The van der Waals surface area contributed by atoms with Crippen molar-refractivity contribution in [3.05, 3.63) is 76.1 Å². The molecule has 0 radical (unpaired) electrons. The lowest BCUT2D eigenvalue weighted by atomic mass is 10.1. The Bertz CT molecular complexity index is 1480. The number of hydrogen-bond acceptors (Lipinski definition) is 11. The third kappa shape index (κ3) is 5.68. The van der Waals surface area contributed by atoms with Gasteiger partial charge < -0.3 is 19.3 Å². The molecule has 3 heterocycles. The lowest BCUT2D eigenvalue weighted by Crippen LogP contribution is -2.34. The molecule has 0 fully saturated rings. The number of nitrogens with two attached hydrogens (primary N) is 1. The van der Waals surface area contributed by atoms with Crippen LogP contribution in [0.3, 0.4) is 0 Å². The van der Waals surface area contributed by atoms with Gasteiger partial charge in [-0.1, -0.05) is 0 Å². The Balaban J connectivity index is 1.38. The molecule has 1 aromatic carbocycles. The largest absolute Gasteiger partial charge is 0.467 e. The quantitative estimate of drug-likeness (QED) is 0.178. The van der Waals surface area contributed by atoms with Gasteiger partial charge in [-0.15, -0.1) is 0 Å². The Hall–Kier alpha value is -4.50. The van der Waals surface area contributed by atoms with E-state index in [0.717, 1.165) is 23.2 Å². The summed E-state index contributed by atoms with van der Waals surface area (Å²) in [6.45, 7) is 0.225. The van der Waals surface area contributed by atoms with E-state index < -0.39 is 56.6 Å². The van der Waals surface area contributed by atoms with Crippen LogP contribution in [0.1, 0.15) is 29.7 Å². The molecular formula is C22H21N5O9S. The average molecular weight is 532 g/mol. The van der Waals surface area contributed by atoms with E-state index in [1.54, 1.807) is 31.2 Å². The maximum absolute atomic E-state index is 12.8. The number of aryl methyl sites for hydroxylation is 1. The van der Waals surface area contributed by atoms with Crippen LogP contribution < -0.4 is 10.5 Å². The number of furan rings is 2. The first kappa shape index (κ1) is 25.6. The number of rotatable bonds is 9. The van der Waals surface area contributed by atoms with Crippen LogP contribution in [0, 0.1) is 17.0 Å². The maximum Gasteiger partial charge on any atom is 0.321 e. The number of carbonyl (C=O) groups excluding carboxylic acids is 2. The number of hydrazone groups is 1. The summed E-state index contributed by atoms with van der Waals surface area (Å²) in [4.78, 5) is 34.7. The van der Waals surface area contributed by atoms with E-state index in [1.807, 2.05) is 4.72 Å². The maximum atomic E-state index is 12.8. The Morgan fingerprint density at radius 2 is 2.08 bits per heavy atom. The molecule has 1 amide bonds. The molecule has 37 heavy (non-hydrogen) atoms. The highest BCUT2D eigenvalue weighted by Crippen LogP contribution is 2.33. The second-order valence-electron chi connectivity index (χ2n) is 7.89. The van der Waals surface area contributed by atoms with E-state index in [2.05, 4.69) is 5.10 Å². The number of esters is 1. The Kier molecular flexibility index (Phi) is 7.08. The molecule has 0 unspecified atom stereocenters. The number of carbonyl (C=O) groups is 2. The fraction of sp³-hybridized carbons (Fsp3) is 0.227. The predicted octanol–water partition coefficient (Wildman–Crippen LogP) is 1.87. The standard InChI is InChI=1S/C22H21N5O9S/c1-13-4-7-19(36-13)16-10-18(20-3-2-8-34-20)26(25-16)21(28)12-35-22(29)11-24-37(32,33)14-5-6-15(23)17(9-14)27(30)31/h2-9,18,24H,10-12,23H2,1H3/t18-/m1/s1. The number of nitro benzene ring substituents is 1. The van der Waals surface area contributed by atoms with Crippen molar-refractivity contribution in [2.24, 2.45) is 5.10 Å². The van der Waals surface area contributed by atoms with Crippen molar-refractivity contribution in [1.29, 1.82) is 0 Å². The van der Waals surface area contributed by atoms with E-state index in [0.29, 0.717) is 29.4 Å². The number of ether oxygens (including phenoxy) is 1. The lowest BCUT2D eigenvalue weighted by molar-refractivity contribution is -0.384. The summed E-state index contributed by atoms with van der Waals surface area (Å²) in [5.74, 6) is -0.112. The zero-order chi connectivity index (χ0) is 26.7. The van der Waals surface area contributed by atoms with Gasteiger partial charge in [0, 0.05) is 12.5 Å². The smallest absolute Gasteiger partial charge is 0.321 e. The second-order valence-corrected chi connectivity index (χ2v) is 9.66. The van der Waals surface area contributed by atoms with Crippen LogP contribution in [0.4, 0.5) is 11.4 Å². The summed E-state index contributed by atoms with van der Waals surface area (Å²) in [5, 5.41) is 16.4. The zero-order valence-corrected chi connectivity index (χ0v) is 20.1. The van der Waals surface area contributed by atoms with Gasteiger partial charge in [0.2, 0.25) is 10.0 Å². The topological polar surface area (TPSA) is 201 Å². The highest BCUT2D eigenvalue weighted by Gasteiger charge is 2.36. The second kappa shape index (κ2) is 10.2. The van der Waals surface area contributed by atoms with Gasteiger partial charge in [0.15, 0.2) is 6.61 Å². The number of anilines is 1. The molecule has 0 aliphatic carbocycles. The summed E-state index contributed by atoms with van der Waals surface area (Å²) in [5.41, 5.74) is 5.15. The monoisotopic (exact) mass is 531 g/mol. The number of hydrogen-bond donors (Lipinski definition) is 2. The van der Waals surface area contributed by atoms with Crippen LogP contribution in [-0.4, -0.2) is 49.1 Å². The van der Waals surface area contributed by atoms with Gasteiger partial charge >= 0.3 is 5.97 Å². The highest BCUT2D eigenvalue weighted by molar-refractivity contribution is 7.89. The van der Waals surface area contributed by atoms with Crippen molar-refractivity contribution in [3.8, 4) is 0 Å². The lowest BCUT2D eigenvalue weighted by Gasteiger charge is -2.19. The van der Waals surface area contributed by atoms with E-state index in [-0.39, 0.29) is 5.69 Å². The molecule has 1 atom stereocenters. The van der Waals surface area contributed by atoms with Gasteiger partial charge in [-0.25, -0.2) is 13.4 Å². The third-order valence-corrected chi connectivity index (χ3v) is 6.73. The number of nitrogen functional groups attached to an aromatic ring is 1. The number of sulfonamides is 1. The van der Waals surface area contributed by atoms with Gasteiger partial charge in [-0.05, 0) is 43.3 Å². The number of nitrogens with zero attached hydrogens (tertiary/aromatic N) is 3. The molecule has 15 heteroatoms. The van der Waals surface area contributed by atoms with Gasteiger partial charge in [0.25, 0.3) is 11.6 Å². The summed E-state index contributed by atoms with van der Waals surface area (Å²) < 4.78 is 42.8. The Morgan fingerprint density at radius 3 is 2.73 bits per heavy atom. The summed E-state index contributed by atoms with van der Waals surface area (Å²) in [6.07, 6.45) is 1.75. The molecule has 1 aliphatic rings. The minimum Gasteiger partial charge on any atom is -0.467 e. The number of amides is 1. The predicted molar refractivity (Wildman–Crippen MR) is 127 cm³/mol. The summed E-state index contributed by atoms with van der Waals surface area (Å²) in [7, 11) is -4.31. The summed E-state index contributed by atoms with van der Waals surface area (Å²) >= 11 is 0. The van der Waals surface area contributed by atoms with Gasteiger partial charge in [-0.2, -0.15) is 9.82 Å². The third-order valence-electron chi connectivity index (χ3n) is 5.33. The zero-order valence-electron chi connectivity index (χ0n) is 19.3. The van der Waals surface area contributed by atoms with Crippen molar-refractivity contribution in [3.63, 3.8) is 0 Å². The Labute approximate surface area is 209 Å². The van der Waals surface area contributed by atoms with E-state index in [9.17, 15) is 28.1 Å². The number of benzene rings is 1. The van der Waals surface area contributed by atoms with Gasteiger partial charge in [0.1, 0.15) is 41.3 Å². The SMILES string of the molecule is Cc1ccc(C2=NN(C(=O)COC(=O)CNS(=O)(=O)c3ccc(N)c([N+](=O)[O-])c3)[C@@H](c3ccco3)C2)o1. The highest BCUT2D eigenvalue weighted by atomic mass is 32.2. The molecular weight excluding hydrogens is 510 g/mol. The molecule has 4 rings (SSSR count). The van der Waals surface area contributed by atoms with Crippen molar-refractivity contribution in [2.45, 2.75) is 24.3 Å². The molecule has 0 saturated heterocycles. The molecule has 3 aromatic rings. The number of nitro groups is 1. The van der Waals surface area contributed by atoms with Crippen LogP contribution >= 0.6 is 0 Å². The summed E-state index contributed by atoms with van der Waals surface area (Å²) in [6, 6.07) is 9.12. The minimum absolute atomic E-state index is 0.218. The van der Waals surface area contributed by atoms with Crippen molar-refractivity contribution < 1.29 is 36.5 Å². The first-order chi connectivity index (χ1) is 17.5. The minimum atomic E-state index is -4.31. The molecule has 3 N–H and O–H groups in total. The van der Waals surface area contributed by atoms with E-state index >= 15 is 0 Å². The van der Waals surface area contributed by atoms with E-state index in [1.165, 1.54) is 6.26 Å². The fourth-order valence-electron chi connectivity index (χ4n) is 3.53. The van der Waals surface area contributed by atoms with Crippen LogP contribution in [0.5, 0.6) is 0 Å². The molecule has 0 bridgehead atoms. The number of nitrogens with one attached hydrogen (secondary N) is 1. The first-order valence-electron chi connectivity index (χ1n) is 10.7. The molecule has 2 aromatic heterocycles. The fourth-order valence-corrected chi connectivity index (χ4v) is 4.52. The van der Waals surface area contributed by atoms with E-state index in [4.69, 9.17) is 19.3 Å².